The van der Waals surface area contributed by atoms with Crippen LogP contribution in [0.3, 0.4) is 0 Å². The van der Waals surface area contributed by atoms with E-state index < -0.39 is 26.5 Å². The molecule has 0 aliphatic heterocycles. The number of carbonyl (C=O) groups excluding carboxylic acids is 2. The molecule has 6 nitrogen and oxygen atoms in total. The van der Waals surface area contributed by atoms with Crippen molar-refractivity contribution in [3.63, 3.8) is 0 Å². The third-order valence-corrected chi connectivity index (χ3v) is 12.0. The lowest BCUT2D eigenvalue weighted by Crippen LogP contribution is -2.68. The molecule has 0 spiro atoms. The van der Waals surface area contributed by atoms with Gasteiger partial charge in [0.25, 0.3) is 8.32 Å². The number of hydrogen-bond acceptors (Lipinski definition) is 5. The number of alkyl carbamates (subject to hydrolysis) is 1. The van der Waals surface area contributed by atoms with Crippen LogP contribution in [0.1, 0.15) is 46.6 Å². The molecule has 0 radical (unpaired) electrons. The van der Waals surface area contributed by atoms with Crippen LogP contribution < -0.4 is 15.7 Å². The molecule has 0 aliphatic carbocycles. The summed E-state index contributed by atoms with van der Waals surface area (Å²) in [5.74, 6) is -0.447. The fourth-order valence-corrected chi connectivity index (χ4v) is 9.51. The molecule has 208 valence electrons. The van der Waals surface area contributed by atoms with Crippen molar-refractivity contribution in [2.45, 2.75) is 64.8 Å². The summed E-state index contributed by atoms with van der Waals surface area (Å²) in [6, 6.07) is 29.4. The first-order valence-corrected chi connectivity index (χ1v) is 15.3. The molecule has 0 aliphatic rings. The van der Waals surface area contributed by atoms with Crippen molar-refractivity contribution in [1.29, 1.82) is 0 Å². The minimum absolute atomic E-state index is 0.0178. The molecule has 0 bridgehead atoms. The molecule has 2 atom stereocenters. The van der Waals surface area contributed by atoms with Crippen molar-refractivity contribution in [1.82, 2.24) is 5.32 Å². The van der Waals surface area contributed by atoms with Gasteiger partial charge in [-0.25, -0.2) is 9.59 Å². The van der Waals surface area contributed by atoms with Crippen LogP contribution in [0.15, 0.2) is 91.0 Å². The van der Waals surface area contributed by atoms with Gasteiger partial charge in [0, 0.05) is 12.5 Å². The molecule has 0 saturated heterocycles. The van der Waals surface area contributed by atoms with E-state index in [0.717, 1.165) is 15.9 Å². The Labute approximate surface area is 233 Å². The topological polar surface area (TPSA) is 73.9 Å². The van der Waals surface area contributed by atoms with Gasteiger partial charge < -0.3 is 19.2 Å². The van der Waals surface area contributed by atoms with Gasteiger partial charge in [0.1, 0.15) is 12.7 Å². The largest absolute Gasteiger partial charge is 0.467 e. The molecule has 1 amide bonds. The summed E-state index contributed by atoms with van der Waals surface area (Å²) in [5.41, 5.74) is 0.899. The van der Waals surface area contributed by atoms with Crippen molar-refractivity contribution in [3.8, 4) is 0 Å². The summed E-state index contributed by atoms with van der Waals surface area (Å²) < 4.78 is 17.8. The Morgan fingerprint density at radius 1 is 0.821 bits per heavy atom. The summed E-state index contributed by atoms with van der Waals surface area (Å²) in [5, 5.41) is 4.77. The van der Waals surface area contributed by atoms with E-state index in [2.05, 4.69) is 50.4 Å². The number of amides is 1. The number of rotatable bonds is 11. The second-order valence-electron chi connectivity index (χ2n) is 11.1. The van der Waals surface area contributed by atoms with Crippen molar-refractivity contribution >= 4 is 30.8 Å². The first-order chi connectivity index (χ1) is 18.6. The van der Waals surface area contributed by atoms with E-state index in [0.29, 0.717) is 0 Å². The zero-order valence-electron chi connectivity index (χ0n) is 23.8. The molecular weight excluding hydrogens is 506 g/mol. The normalized spacial score (nSPS) is 13.4. The molecule has 0 heterocycles. The average Bonchev–Trinajstić information content (AvgIpc) is 2.93. The summed E-state index contributed by atoms with van der Waals surface area (Å²) in [6.07, 6.45) is -1.19. The highest BCUT2D eigenvalue weighted by atomic mass is 28.4. The number of esters is 1. The third-order valence-electron chi connectivity index (χ3n) is 6.99. The number of benzene rings is 3. The fourth-order valence-electron chi connectivity index (χ4n) is 4.87. The van der Waals surface area contributed by atoms with Gasteiger partial charge in [-0.3, -0.25) is 0 Å². The van der Waals surface area contributed by atoms with Gasteiger partial charge in [-0.15, -0.1) is 0 Å². The lowest BCUT2D eigenvalue weighted by Gasteiger charge is -2.45. The molecule has 39 heavy (non-hydrogen) atoms. The number of nitrogens with one attached hydrogen (secondary N) is 1. The standard InChI is InChI=1S/C32H41NO5Si/c1-24(2)28(33-31(35)37-23-25-16-10-7-11-17-25)22-29(30(34)36-6)38-39(32(3,4)5,26-18-12-8-13-19-26)27-20-14-9-15-21-27/h7-21,24,28-29H,22-23H2,1-6H3,(H,33,35)/t28-,29-/m1/s1. The Kier molecular flexibility index (Phi) is 10.5. The maximum atomic E-state index is 13.3. The van der Waals surface area contributed by atoms with E-state index in [-0.39, 0.29) is 30.0 Å². The van der Waals surface area contributed by atoms with Crippen LogP contribution in [0, 0.1) is 5.92 Å². The van der Waals surface area contributed by atoms with Crippen molar-refractivity contribution < 1.29 is 23.5 Å². The molecule has 7 heteroatoms. The summed E-state index contributed by atoms with van der Waals surface area (Å²) in [4.78, 5) is 26.0. The number of carbonyl (C=O) groups is 2. The highest BCUT2D eigenvalue weighted by molar-refractivity contribution is 6.99. The maximum Gasteiger partial charge on any atom is 0.407 e. The van der Waals surface area contributed by atoms with Gasteiger partial charge >= 0.3 is 12.1 Å². The van der Waals surface area contributed by atoms with E-state index in [1.807, 2.05) is 80.6 Å². The SMILES string of the molecule is COC(=O)[C@@H](C[C@@H](NC(=O)OCc1ccccc1)C(C)C)O[Si](c1ccccc1)(c1ccccc1)C(C)(C)C. The number of methoxy groups -OCH3 is 1. The Balaban J connectivity index is 1.94. The lowest BCUT2D eigenvalue weighted by atomic mass is 9.98. The molecule has 0 fully saturated rings. The van der Waals surface area contributed by atoms with Crippen molar-refractivity contribution in [3.05, 3.63) is 96.6 Å². The highest BCUT2D eigenvalue weighted by Gasteiger charge is 2.52. The Morgan fingerprint density at radius 2 is 1.31 bits per heavy atom. The van der Waals surface area contributed by atoms with E-state index in [9.17, 15) is 9.59 Å². The van der Waals surface area contributed by atoms with Gasteiger partial charge in [0.15, 0.2) is 0 Å². The van der Waals surface area contributed by atoms with Crippen LogP contribution in [0.4, 0.5) is 4.79 Å². The Morgan fingerprint density at radius 3 is 1.74 bits per heavy atom. The van der Waals surface area contributed by atoms with Crippen molar-refractivity contribution in [2.75, 3.05) is 7.11 Å². The molecular formula is C32H41NO5Si. The molecule has 0 aromatic heterocycles. The van der Waals surface area contributed by atoms with Gasteiger partial charge in [-0.05, 0) is 26.9 Å². The molecule has 0 unspecified atom stereocenters. The molecule has 3 aromatic rings. The smallest absolute Gasteiger partial charge is 0.407 e. The summed E-state index contributed by atoms with van der Waals surface area (Å²) in [7, 11) is -1.67. The van der Waals surface area contributed by atoms with Crippen LogP contribution in [0.5, 0.6) is 0 Å². The number of hydrogen-bond donors (Lipinski definition) is 1. The predicted octanol–water partition coefficient (Wildman–Crippen LogP) is 5.45. The first kappa shape index (κ1) is 30.1. The molecule has 1 N–H and O–H groups in total. The van der Waals surface area contributed by atoms with Gasteiger partial charge in [-0.2, -0.15) is 0 Å². The quantitative estimate of drug-likeness (QED) is 0.255. The van der Waals surface area contributed by atoms with Crippen molar-refractivity contribution in [2.24, 2.45) is 5.92 Å². The van der Waals surface area contributed by atoms with E-state index in [4.69, 9.17) is 13.9 Å². The summed E-state index contributed by atoms with van der Waals surface area (Å²) in [6.45, 7) is 10.6. The highest BCUT2D eigenvalue weighted by Crippen LogP contribution is 2.38. The predicted molar refractivity (Wildman–Crippen MR) is 158 cm³/mol. The third kappa shape index (κ3) is 7.58. The van der Waals surface area contributed by atoms with Crippen LogP contribution >= 0.6 is 0 Å². The monoisotopic (exact) mass is 547 g/mol. The maximum absolute atomic E-state index is 13.3. The zero-order valence-corrected chi connectivity index (χ0v) is 24.8. The fraction of sp³-hybridized carbons (Fsp3) is 0.375. The second-order valence-corrected chi connectivity index (χ2v) is 15.3. The van der Waals surface area contributed by atoms with Gasteiger partial charge in [0.2, 0.25) is 0 Å². The Bertz CT molecular complexity index is 1140. The first-order valence-electron chi connectivity index (χ1n) is 13.4. The Hall–Kier alpha value is -3.42. The molecule has 3 aromatic carbocycles. The number of ether oxygens (including phenoxy) is 2. The van der Waals surface area contributed by atoms with E-state index >= 15 is 0 Å². The lowest BCUT2D eigenvalue weighted by molar-refractivity contribution is -0.150. The van der Waals surface area contributed by atoms with Crippen LogP contribution in [-0.4, -0.2) is 39.6 Å². The van der Waals surface area contributed by atoms with Crippen LogP contribution in [0.2, 0.25) is 5.04 Å². The van der Waals surface area contributed by atoms with E-state index in [1.54, 1.807) is 0 Å². The zero-order chi connectivity index (χ0) is 28.5. The molecule has 3 rings (SSSR count). The minimum atomic E-state index is -3.04. The minimum Gasteiger partial charge on any atom is -0.467 e. The van der Waals surface area contributed by atoms with E-state index in [1.165, 1.54) is 7.11 Å². The second kappa shape index (κ2) is 13.6. The van der Waals surface area contributed by atoms with Crippen LogP contribution in [0.25, 0.3) is 0 Å². The molecule has 0 saturated carbocycles. The van der Waals surface area contributed by atoms with Gasteiger partial charge in [-0.1, -0.05) is 126 Å². The summed E-state index contributed by atoms with van der Waals surface area (Å²) >= 11 is 0. The van der Waals surface area contributed by atoms with Crippen LogP contribution in [-0.2, 0) is 25.3 Å². The average molecular weight is 548 g/mol. The van der Waals surface area contributed by atoms with Gasteiger partial charge in [0.05, 0.1) is 7.11 Å².